The van der Waals surface area contributed by atoms with Crippen molar-refractivity contribution in [3.8, 4) is 11.5 Å². The highest BCUT2D eigenvalue weighted by molar-refractivity contribution is 5.84. The topological polar surface area (TPSA) is 76.2 Å². The highest BCUT2D eigenvalue weighted by atomic mass is 16.5. The van der Waals surface area contributed by atoms with Crippen molar-refractivity contribution in [3.05, 3.63) is 70.6 Å². The molecule has 4 rings (SSSR count). The Morgan fingerprint density at radius 1 is 1.00 bits per heavy atom. The molecule has 0 saturated carbocycles. The zero-order chi connectivity index (χ0) is 18.8. The fourth-order valence-electron chi connectivity index (χ4n) is 3.09. The molecular weight excluding hydrogens is 342 g/mol. The SMILES string of the molecule is COc1cc2cc(CNc3ccc4ncccc4c3)c(=O)[nH]c2cc1OC. The number of hydrogen-bond acceptors (Lipinski definition) is 5. The monoisotopic (exact) mass is 361 g/mol. The van der Waals surface area contributed by atoms with Crippen LogP contribution in [0.4, 0.5) is 5.69 Å². The Balaban J connectivity index is 1.64. The Hall–Kier alpha value is -3.54. The summed E-state index contributed by atoms with van der Waals surface area (Å²) in [4.78, 5) is 19.7. The van der Waals surface area contributed by atoms with Gasteiger partial charge in [0.25, 0.3) is 5.56 Å². The van der Waals surface area contributed by atoms with Gasteiger partial charge in [0.2, 0.25) is 0 Å². The molecule has 2 aromatic carbocycles. The van der Waals surface area contributed by atoms with Gasteiger partial charge in [0.15, 0.2) is 11.5 Å². The smallest absolute Gasteiger partial charge is 0.253 e. The van der Waals surface area contributed by atoms with E-state index in [1.165, 1.54) is 0 Å². The fourth-order valence-corrected chi connectivity index (χ4v) is 3.09. The van der Waals surface area contributed by atoms with Gasteiger partial charge in [-0.1, -0.05) is 6.07 Å². The molecule has 0 amide bonds. The number of H-pyrrole nitrogens is 1. The Bertz CT molecular complexity index is 1180. The summed E-state index contributed by atoms with van der Waals surface area (Å²) in [6.07, 6.45) is 1.77. The summed E-state index contributed by atoms with van der Waals surface area (Å²) in [5.74, 6) is 1.20. The maximum atomic E-state index is 12.4. The molecule has 0 aliphatic rings. The van der Waals surface area contributed by atoms with Crippen LogP contribution < -0.4 is 20.3 Å². The average Bonchev–Trinajstić information content (AvgIpc) is 2.71. The standard InChI is InChI=1S/C21H19N3O3/c1-26-19-10-14-8-15(21(25)24-18(14)11-20(19)27-2)12-23-16-5-6-17-13(9-16)4-3-7-22-17/h3-11,23H,12H2,1-2H3,(H,24,25). The van der Waals surface area contributed by atoms with Gasteiger partial charge in [0, 0.05) is 40.8 Å². The third kappa shape index (κ3) is 3.29. The van der Waals surface area contributed by atoms with Crippen molar-refractivity contribution in [3.63, 3.8) is 0 Å². The molecule has 0 spiro atoms. The second-order valence-electron chi connectivity index (χ2n) is 6.18. The molecule has 0 aliphatic carbocycles. The lowest BCUT2D eigenvalue weighted by Crippen LogP contribution is -2.15. The third-order valence-electron chi connectivity index (χ3n) is 4.51. The minimum atomic E-state index is -0.135. The van der Waals surface area contributed by atoms with Crippen LogP contribution in [0.3, 0.4) is 0 Å². The molecule has 0 bridgehead atoms. The van der Waals surface area contributed by atoms with E-state index in [1.54, 1.807) is 26.5 Å². The number of rotatable bonds is 5. The van der Waals surface area contributed by atoms with E-state index < -0.39 is 0 Å². The predicted octanol–water partition coefficient (Wildman–Crippen LogP) is 3.71. The normalized spacial score (nSPS) is 10.9. The van der Waals surface area contributed by atoms with E-state index in [0.717, 1.165) is 22.0 Å². The van der Waals surface area contributed by atoms with Crippen LogP contribution in [0.5, 0.6) is 11.5 Å². The van der Waals surface area contributed by atoms with Crippen LogP contribution in [0.15, 0.2) is 59.5 Å². The van der Waals surface area contributed by atoms with Gasteiger partial charge in [-0.25, -0.2) is 0 Å². The number of nitrogens with zero attached hydrogens (tertiary/aromatic N) is 1. The third-order valence-corrected chi connectivity index (χ3v) is 4.51. The maximum absolute atomic E-state index is 12.4. The Morgan fingerprint density at radius 3 is 2.63 bits per heavy atom. The number of benzene rings is 2. The molecule has 27 heavy (non-hydrogen) atoms. The summed E-state index contributed by atoms with van der Waals surface area (Å²) in [7, 11) is 3.16. The first-order valence-electron chi connectivity index (χ1n) is 8.54. The van der Waals surface area contributed by atoms with Crippen molar-refractivity contribution in [1.29, 1.82) is 0 Å². The van der Waals surface area contributed by atoms with Gasteiger partial charge in [-0.3, -0.25) is 9.78 Å². The molecule has 0 radical (unpaired) electrons. The summed E-state index contributed by atoms with van der Waals surface area (Å²) in [5, 5.41) is 5.24. The first-order chi connectivity index (χ1) is 13.2. The molecule has 0 saturated heterocycles. The van der Waals surface area contributed by atoms with Crippen LogP contribution in [0.25, 0.3) is 21.8 Å². The summed E-state index contributed by atoms with van der Waals surface area (Å²) in [5.41, 5.74) is 3.08. The molecular formula is C21H19N3O3. The number of anilines is 1. The molecule has 136 valence electrons. The van der Waals surface area contributed by atoms with E-state index in [1.807, 2.05) is 42.5 Å². The first-order valence-corrected chi connectivity index (χ1v) is 8.54. The summed E-state index contributed by atoms with van der Waals surface area (Å²) >= 11 is 0. The van der Waals surface area contributed by atoms with E-state index in [0.29, 0.717) is 29.1 Å². The number of hydrogen-bond donors (Lipinski definition) is 2. The number of aromatic nitrogens is 2. The summed E-state index contributed by atoms with van der Waals surface area (Å²) in [6.45, 7) is 0.408. The van der Waals surface area contributed by atoms with Crippen molar-refractivity contribution in [2.45, 2.75) is 6.54 Å². The Kier molecular flexibility index (Phi) is 4.38. The molecule has 0 fully saturated rings. The van der Waals surface area contributed by atoms with Gasteiger partial charge < -0.3 is 19.8 Å². The lowest BCUT2D eigenvalue weighted by atomic mass is 10.1. The van der Waals surface area contributed by atoms with Gasteiger partial charge in [-0.2, -0.15) is 0 Å². The number of nitrogens with one attached hydrogen (secondary N) is 2. The molecule has 2 aromatic heterocycles. The summed E-state index contributed by atoms with van der Waals surface area (Å²) < 4.78 is 10.6. The number of methoxy groups -OCH3 is 2. The van der Waals surface area contributed by atoms with Crippen molar-refractivity contribution in [1.82, 2.24) is 9.97 Å². The van der Waals surface area contributed by atoms with Gasteiger partial charge in [0.05, 0.1) is 25.3 Å². The zero-order valence-corrected chi connectivity index (χ0v) is 15.1. The largest absolute Gasteiger partial charge is 0.493 e. The van der Waals surface area contributed by atoms with Crippen molar-refractivity contribution >= 4 is 27.5 Å². The highest BCUT2D eigenvalue weighted by Gasteiger charge is 2.09. The molecule has 2 heterocycles. The number of ether oxygens (including phenoxy) is 2. The van der Waals surface area contributed by atoms with E-state index in [-0.39, 0.29) is 5.56 Å². The number of aromatic amines is 1. The van der Waals surface area contributed by atoms with Crippen LogP contribution in [0.2, 0.25) is 0 Å². The maximum Gasteiger partial charge on any atom is 0.253 e. The molecule has 0 aliphatic heterocycles. The highest BCUT2D eigenvalue weighted by Crippen LogP contribution is 2.31. The average molecular weight is 361 g/mol. The van der Waals surface area contributed by atoms with E-state index in [9.17, 15) is 4.79 Å². The lowest BCUT2D eigenvalue weighted by Gasteiger charge is -2.11. The second kappa shape index (κ2) is 6.99. The van der Waals surface area contributed by atoms with Gasteiger partial charge in [0.1, 0.15) is 0 Å². The molecule has 0 atom stereocenters. The predicted molar refractivity (Wildman–Crippen MR) is 107 cm³/mol. The van der Waals surface area contributed by atoms with Crippen LogP contribution in [-0.2, 0) is 6.54 Å². The minimum Gasteiger partial charge on any atom is -0.493 e. The molecule has 2 N–H and O–H groups in total. The van der Waals surface area contributed by atoms with E-state index in [4.69, 9.17) is 9.47 Å². The van der Waals surface area contributed by atoms with Crippen LogP contribution >= 0.6 is 0 Å². The van der Waals surface area contributed by atoms with Gasteiger partial charge in [-0.15, -0.1) is 0 Å². The van der Waals surface area contributed by atoms with Gasteiger partial charge >= 0.3 is 0 Å². The van der Waals surface area contributed by atoms with Crippen LogP contribution in [-0.4, -0.2) is 24.2 Å². The molecule has 6 heteroatoms. The van der Waals surface area contributed by atoms with Gasteiger partial charge in [-0.05, 0) is 36.4 Å². The van der Waals surface area contributed by atoms with Crippen LogP contribution in [0, 0.1) is 0 Å². The molecule has 6 nitrogen and oxygen atoms in total. The second-order valence-corrected chi connectivity index (χ2v) is 6.18. The summed E-state index contributed by atoms with van der Waals surface area (Å²) in [6, 6.07) is 15.3. The minimum absolute atomic E-state index is 0.135. The quantitative estimate of drug-likeness (QED) is 0.567. The lowest BCUT2D eigenvalue weighted by molar-refractivity contribution is 0.356. The molecule has 4 aromatic rings. The van der Waals surface area contributed by atoms with E-state index in [2.05, 4.69) is 15.3 Å². The number of pyridine rings is 2. The van der Waals surface area contributed by atoms with E-state index >= 15 is 0 Å². The first kappa shape index (κ1) is 16.9. The Labute approximate surface area is 155 Å². The van der Waals surface area contributed by atoms with Crippen LogP contribution in [0.1, 0.15) is 5.56 Å². The number of fused-ring (bicyclic) bond motifs is 2. The zero-order valence-electron chi connectivity index (χ0n) is 15.1. The molecule has 0 unspecified atom stereocenters. The van der Waals surface area contributed by atoms with Crippen molar-refractivity contribution < 1.29 is 9.47 Å². The Morgan fingerprint density at radius 2 is 1.81 bits per heavy atom. The van der Waals surface area contributed by atoms with Crippen molar-refractivity contribution in [2.24, 2.45) is 0 Å². The van der Waals surface area contributed by atoms with Crippen molar-refractivity contribution in [2.75, 3.05) is 19.5 Å². The fraction of sp³-hybridized carbons (Fsp3) is 0.143.